The standard InChI is InChI=1S/C20H33N5O/c1-15(2)25-18(13-23(3)4)9-17-12-24(8-7-19(17)25)20(26)6-5-16-10-21-14-22-11-16/h10-11,14-15,17-19H,5-9,12-13H2,1-4H3/t17-,18+,19+/m1/s1. The molecule has 2 saturated heterocycles. The second-order valence-electron chi connectivity index (χ2n) is 8.40. The van der Waals surface area contributed by atoms with E-state index in [-0.39, 0.29) is 5.91 Å². The second kappa shape index (κ2) is 8.44. The Bertz CT molecular complexity index is 591. The van der Waals surface area contributed by atoms with Crippen molar-refractivity contribution in [1.82, 2.24) is 24.7 Å². The van der Waals surface area contributed by atoms with Gasteiger partial charge in [-0.05, 0) is 58.7 Å². The van der Waals surface area contributed by atoms with Crippen LogP contribution in [0, 0.1) is 5.92 Å². The van der Waals surface area contributed by atoms with E-state index in [1.165, 1.54) is 12.7 Å². The minimum atomic E-state index is 0.277. The number of piperidine rings is 1. The zero-order chi connectivity index (χ0) is 18.7. The molecule has 0 radical (unpaired) electrons. The second-order valence-corrected chi connectivity index (χ2v) is 8.40. The molecule has 0 bridgehead atoms. The molecule has 1 aromatic heterocycles. The van der Waals surface area contributed by atoms with Gasteiger partial charge in [-0.25, -0.2) is 9.97 Å². The van der Waals surface area contributed by atoms with Crippen LogP contribution in [0.1, 0.15) is 38.7 Å². The van der Waals surface area contributed by atoms with Crippen LogP contribution < -0.4 is 0 Å². The molecule has 6 nitrogen and oxygen atoms in total. The third-order valence-corrected chi connectivity index (χ3v) is 5.84. The van der Waals surface area contributed by atoms with Crippen molar-refractivity contribution >= 4 is 5.91 Å². The maximum atomic E-state index is 12.7. The van der Waals surface area contributed by atoms with Gasteiger partial charge in [0.05, 0.1) is 0 Å². The van der Waals surface area contributed by atoms with E-state index in [4.69, 9.17) is 0 Å². The average Bonchev–Trinajstić information content (AvgIpc) is 2.96. The largest absolute Gasteiger partial charge is 0.342 e. The lowest BCUT2D eigenvalue weighted by atomic mass is 9.91. The number of carbonyl (C=O) groups is 1. The van der Waals surface area contributed by atoms with Crippen molar-refractivity contribution in [3.05, 3.63) is 24.3 Å². The summed E-state index contributed by atoms with van der Waals surface area (Å²) in [5.74, 6) is 0.888. The Kier molecular flexibility index (Phi) is 6.24. The summed E-state index contributed by atoms with van der Waals surface area (Å²) in [5.41, 5.74) is 1.04. The molecule has 2 fully saturated rings. The molecule has 2 aliphatic heterocycles. The Labute approximate surface area is 157 Å². The fraction of sp³-hybridized carbons (Fsp3) is 0.750. The molecule has 0 unspecified atom stereocenters. The summed E-state index contributed by atoms with van der Waals surface area (Å²) in [7, 11) is 4.31. The van der Waals surface area contributed by atoms with Gasteiger partial charge in [-0.1, -0.05) is 0 Å². The number of nitrogens with zero attached hydrogens (tertiary/aromatic N) is 5. The topological polar surface area (TPSA) is 52.6 Å². The van der Waals surface area contributed by atoms with E-state index in [9.17, 15) is 4.79 Å². The van der Waals surface area contributed by atoms with Crippen LogP contribution in [0.3, 0.4) is 0 Å². The Hall–Kier alpha value is -1.53. The lowest BCUT2D eigenvalue weighted by Gasteiger charge is -2.40. The van der Waals surface area contributed by atoms with E-state index < -0.39 is 0 Å². The van der Waals surface area contributed by atoms with E-state index in [2.05, 4.69) is 52.6 Å². The molecule has 0 aromatic carbocycles. The first-order chi connectivity index (χ1) is 12.5. The van der Waals surface area contributed by atoms with E-state index in [0.29, 0.717) is 30.5 Å². The molecule has 3 heterocycles. The SMILES string of the molecule is CC(C)N1[C@H](CN(C)C)C[C@@H]2CN(C(=O)CCc3cncnc3)CC[C@@H]21. The monoisotopic (exact) mass is 359 g/mol. The number of fused-ring (bicyclic) bond motifs is 1. The van der Waals surface area contributed by atoms with Gasteiger partial charge in [-0.3, -0.25) is 9.69 Å². The molecule has 3 atom stereocenters. The molecular formula is C20H33N5O. The zero-order valence-corrected chi connectivity index (χ0v) is 16.6. The highest BCUT2D eigenvalue weighted by atomic mass is 16.2. The first-order valence-electron chi connectivity index (χ1n) is 9.89. The van der Waals surface area contributed by atoms with Crippen molar-refractivity contribution in [3.63, 3.8) is 0 Å². The van der Waals surface area contributed by atoms with Crippen LogP contribution >= 0.6 is 0 Å². The predicted octanol–water partition coefficient (Wildman–Crippen LogP) is 1.67. The highest BCUT2D eigenvalue weighted by Gasteiger charge is 2.45. The van der Waals surface area contributed by atoms with Gasteiger partial charge in [0.25, 0.3) is 0 Å². The minimum absolute atomic E-state index is 0.277. The third-order valence-electron chi connectivity index (χ3n) is 5.84. The fourth-order valence-electron chi connectivity index (χ4n) is 4.88. The summed E-state index contributed by atoms with van der Waals surface area (Å²) in [5, 5.41) is 0. The van der Waals surface area contributed by atoms with E-state index in [1.807, 2.05) is 0 Å². The van der Waals surface area contributed by atoms with Gasteiger partial charge in [0.2, 0.25) is 5.91 Å². The van der Waals surface area contributed by atoms with Crippen molar-refractivity contribution in [3.8, 4) is 0 Å². The number of aryl methyl sites for hydroxylation is 1. The highest BCUT2D eigenvalue weighted by Crippen LogP contribution is 2.37. The van der Waals surface area contributed by atoms with Crippen molar-refractivity contribution in [2.24, 2.45) is 5.92 Å². The molecule has 144 valence electrons. The average molecular weight is 360 g/mol. The number of likely N-dealkylation sites (N-methyl/N-ethyl adjacent to an activating group) is 1. The van der Waals surface area contributed by atoms with E-state index >= 15 is 0 Å². The number of hydrogen-bond donors (Lipinski definition) is 0. The molecule has 1 amide bonds. The summed E-state index contributed by atoms with van der Waals surface area (Å²) in [6, 6.07) is 1.80. The van der Waals surface area contributed by atoms with Gasteiger partial charge in [-0.15, -0.1) is 0 Å². The van der Waals surface area contributed by atoms with E-state index in [0.717, 1.165) is 38.0 Å². The van der Waals surface area contributed by atoms with Gasteiger partial charge in [0.15, 0.2) is 0 Å². The highest BCUT2D eigenvalue weighted by molar-refractivity contribution is 5.76. The fourth-order valence-corrected chi connectivity index (χ4v) is 4.88. The normalized spacial score (nSPS) is 26.5. The lowest BCUT2D eigenvalue weighted by molar-refractivity contribution is -0.133. The molecule has 0 spiro atoms. The van der Waals surface area contributed by atoms with E-state index in [1.54, 1.807) is 12.4 Å². The number of rotatable bonds is 6. The quantitative estimate of drug-likeness (QED) is 0.773. The van der Waals surface area contributed by atoms with Gasteiger partial charge in [0, 0.05) is 56.6 Å². The smallest absolute Gasteiger partial charge is 0.222 e. The molecule has 2 aliphatic rings. The van der Waals surface area contributed by atoms with Crippen LogP contribution in [-0.2, 0) is 11.2 Å². The number of carbonyl (C=O) groups excluding carboxylic acids is 1. The van der Waals surface area contributed by atoms with Gasteiger partial charge in [0.1, 0.15) is 6.33 Å². The van der Waals surface area contributed by atoms with Crippen LogP contribution in [0.5, 0.6) is 0 Å². The van der Waals surface area contributed by atoms with Crippen LogP contribution in [0.2, 0.25) is 0 Å². The van der Waals surface area contributed by atoms with Gasteiger partial charge >= 0.3 is 0 Å². The minimum Gasteiger partial charge on any atom is -0.342 e. The van der Waals surface area contributed by atoms with Crippen molar-refractivity contribution in [1.29, 1.82) is 0 Å². The molecule has 1 aromatic rings. The first kappa shape index (κ1) is 19.2. The zero-order valence-electron chi connectivity index (χ0n) is 16.6. The van der Waals surface area contributed by atoms with Crippen LogP contribution in [0.15, 0.2) is 18.7 Å². The maximum Gasteiger partial charge on any atom is 0.222 e. The Morgan fingerprint density at radius 3 is 2.69 bits per heavy atom. The van der Waals surface area contributed by atoms with Gasteiger partial charge < -0.3 is 9.80 Å². The Morgan fingerprint density at radius 2 is 2.04 bits per heavy atom. The van der Waals surface area contributed by atoms with Crippen molar-refractivity contribution in [2.75, 3.05) is 33.7 Å². The van der Waals surface area contributed by atoms with Crippen LogP contribution in [-0.4, -0.2) is 82.4 Å². The molecule has 3 rings (SSSR count). The number of likely N-dealkylation sites (tertiary alicyclic amines) is 2. The maximum absolute atomic E-state index is 12.7. The lowest BCUT2D eigenvalue weighted by Crippen LogP contribution is -2.51. The van der Waals surface area contributed by atoms with Crippen molar-refractivity contribution in [2.45, 2.75) is 57.7 Å². The molecule has 0 saturated carbocycles. The number of aromatic nitrogens is 2. The summed E-state index contributed by atoms with van der Waals surface area (Å²) in [4.78, 5) is 27.9. The molecule has 0 aliphatic carbocycles. The summed E-state index contributed by atoms with van der Waals surface area (Å²) >= 11 is 0. The Balaban J connectivity index is 1.57. The molecule has 26 heavy (non-hydrogen) atoms. The number of amides is 1. The summed E-state index contributed by atoms with van der Waals surface area (Å²) in [6.07, 6.45) is 8.72. The predicted molar refractivity (Wildman–Crippen MR) is 103 cm³/mol. The molecule has 6 heteroatoms. The summed E-state index contributed by atoms with van der Waals surface area (Å²) in [6.45, 7) is 7.53. The molecular weight excluding hydrogens is 326 g/mol. The Morgan fingerprint density at radius 1 is 1.31 bits per heavy atom. The summed E-state index contributed by atoms with van der Waals surface area (Å²) < 4.78 is 0. The van der Waals surface area contributed by atoms with Crippen molar-refractivity contribution < 1.29 is 4.79 Å². The molecule has 0 N–H and O–H groups in total. The first-order valence-corrected chi connectivity index (χ1v) is 9.89. The third kappa shape index (κ3) is 4.41. The number of hydrogen-bond acceptors (Lipinski definition) is 5. The van der Waals surface area contributed by atoms with Crippen LogP contribution in [0.4, 0.5) is 0 Å². The van der Waals surface area contributed by atoms with Crippen LogP contribution in [0.25, 0.3) is 0 Å². The van der Waals surface area contributed by atoms with Gasteiger partial charge in [-0.2, -0.15) is 0 Å².